The van der Waals surface area contributed by atoms with Crippen LogP contribution in [-0.4, -0.2) is 29.6 Å². The maximum atomic E-state index is 14.3. The molecule has 0 spiro atoms. The van der Waals surface area contributed by atoms with Crippen molar-refractivity contribution >= 4 is 16.7 Å². The van der Waals surface area contributed by atoms with Crippen molar-refractivity contribution in [2.45, 2.75) is 31.1 Å². The highest BCUT2D eigenvalue weighted by Gasteiger charge is 2.44. The molecule has 0 saturated carbocycles. The third-order valence-corrected chi connectivity index (χ3v) is 5.89. The number of nitrogens with one attached hydrogen (secondary N) is 1. The van der Waals surface area contributed by atoms with Crippen LogP contribution in [0.5, 0.6) is 5.75 Å². The van der Waals surface area contributed by atoms with Gasteiger partial charge in [0.25, 0.3) is 5.91 Å². The molecule has 0 aromatic heterocycles. The van der Waals surface area contributed by atoms with E-state index in [1.165, 1.54) is 36.4 Å². The summed E-state index contributed by atoms with van der Waals surface area (Å²) in [6.07, 6.45) is -10.3. The first-order valence-corrected chi connectivity index (χ1v) is 11.4. The molecular weight excluding hydrogens is 512 g/mol. The van der Waals surface area contributed by atoms with Gasteiger partial charge in [-0.2, -0.15) is 17.6 Å². The lowest BCUT2D eigenvalue weighted by molar-refractivity contribution is -0.253. The summed E-state index contributed by atoms with van der Waals surface area (Å²) in [6.45, 7) is 0. The number of fused-ring (bicyclic) bond motifs is 1. The lowest BCUT2D eigenvalue weighted by Crippen LogP contribution is -2.41. The molecule has 38 heavy (non-hydrogen) atoms. The number of halogens is 6. The second kappa shape index (κ2) is 11.1. The monoisotopic (exact) mass is 533 g/mol. The van der Waals surface area contributed by atoms with E-state index >= 15 is 0 Å². The Morgan fingerprint density at radius 1 is 0.895 bits per heavy atom. The number of rotatable bonds is 9. The van der Waals surface area contributed by atoms with E-state index in [2.05, 4.69) is 10.1 Å². The zero-order valence-corrected chi connectivity index (χ0v) is 19.6. The lowest BCUT2D eigenvalue weighted by Gasteiger charge is -2.25. The molecular formula is C28H21F6NO3. The van der Waals surface area contributed by atoms with E-state index < -0.39 is 48.0 Å². The Morgan fingerprint density at radius 3 is 2.26 bits per heavy atom. The van der Waals surface area contributed by atoms with Gasteiger partial charge in [0, 0.05) is 10.9 Å². The van der Waals surface area contributed by atoms with Crippen LogP contribution in [0.3, 0.4) is 0 Å². The molecule has 4 rings (SSSR count). The number of aliphatic hydroxyl groups excluding tert-OH is 1. The van der Waals surface area contributed by atoms with Crippen LogP contribution in [0.1, 0.15) is 27.6 Å². The maximum absolute atomic E-state index is 14.3. The van der Waals surface area contributed by atoms with Crippen molar-refractivity contribution in [3.8, 4) is 5.75 Å². The summed E-state index contributed by atoms with van der Waals surface area (Å²) in [7, 11) is 0. The SMILES string of the molecule is O=C(NC(Cc1cccc(OC(F)(F)C(F)F)c1)C(O)c1ccc(F)cc1)c1ccc(F)c2ccccc12. The first-order chi connectivity index (χ1) is 18.0. The number of alkyl halides is 4. The molecule has 1 amide bonds. The van der Waals surface area contributed by atoms with Gasteiger partial charge in [-0.3, -0.25) is 4.79 Å². The van der Waals surface area contributed by atoms with E-state index in [1.807, 2.05) is 0 Å². The van der Waals surface area contributed by atoms with Crippen LogP contribution in [0.4, 0.5) is 26.3 Å². The number of benzene rings is 4. The largest absolute Gasteiger partial charge is 0.461 e. The summed E-state index contributed by atoms with van der Waals surface area (Å²) < 4.78 is 83.8. The van der Waals surface area contributed by atoms with Gasteiger partial charge in [0.1, 0.15) is 17.4 Å². The van der Waals surface area contributed by atoms with E-state index in [4.69, 9.17) is 0 Å². The van der Waals surface area contributed by atoms with E-state index in [-0.39, 0.29) is 28.5 Å². The number of hydrogen-bond donors (Lipinski definition) is 2. The second-order valence-corrected chi connectivity index (χ2v) is 8.53. The molecule has 0 aliphatic rings. The second-order valence-electron chi connectivity index (χ2n) is 8.53. The van der Waals surface area contributed by atoms with Gasteiger partial charge in [-0.1, -0.05) is 48.5 Å². The minimum Gasteiger partial charge on any atom is -0.428 e. The van der Waals surface area contributed by atoms with Crippen LogP contribution in [0, 0.1) is 11.6 Å². The quantitative estimate of drug-likeness (QED) is 0.244. The van der Waals surface area contributed by atoms with Crippen LogP contribution < -0.4 is 10.1 Å². The topological polar surface area (TPSA) is 58.6 Å². The zero-order valence-electron chi connectivity index (χ0n) is 19.6. The molecule has 198 valence electrons. The smallest absolute Gasteiger partial charge is 0.428 e. The van der Waals surface area contributed by atoms with Gasteiger partial charge in [-0.05, 0) is 59.3 Å². The number of ether oxygens (including phenoxy) is 1. The van der Waals surface area contributed by atoms with Crippen molar-refractivity contribution in [3.05, 3.63) is 113 Å². The Balaban J connectivity index is 1.65. The molecule has 4 aromatic carbocycles. The average molecular weight is 533 g/mol. The average Bonchev–Trinajstić information content (AvgIpc) is 2.88. The fourth-order valence-electron chi connectivity index (χ4n) is 4.03. The molecule has 2 atom stereocenters. The highest BCUT2D eigenvalue weighted by atomic mass is 19.3. The molecule has 4 aromatic rings. The van der Waals surface area contributed by atoms with Crippen molar-refractivity contribution in [3.63, 3.8) is 0 Å². The summed E-state index contributed by atoms with van der Waals surface area (Å²) in [5, 5.41) is 14.3. The molecule has 2 N–H and O–H groups in total. The standard InChI is InChI=1S/C28H21F6NO3/c29-18-10-8-17(9-11-18)25(36)24(15-16-4-3-5-19(14-16)38-28(33,34)27(31)32)35-26(37)22-12-13-23(30)21-7-2-1-6-20(21)22/h1-14,24-25,27,36H,15H2,(H,35,37). The Morgan fingerprint density at radius 2 is 1.58 bits per heavy atom. The van der Waals surface area contributed by atoms with Gasteiger partial charge >= 0.3 is 12.5 Å². The Kier molecular flexibility index (Phi) is 7.91. The molecule has 0 radical (unpaired) electrons. The molecule has 0 bridgehead atoms. The van der Waals surface area contributed by atoms with Gasteiger partial charge in [0.2, 0.25) is 0 Å². The molecule has 4 nitrogen and oxygen atoms in total. The molecule has 2 unspecified atom stereocenters. The highest BCUT2D eigenvalue weighted by molar-refractivity contribution is 6.07. The number of hydrogen-bond acceptors (Lipinski definition) is 3. The molecule has 0 aliphatic heterocycles. The van der Waals surface area contributed by atoms with Crippen molar-refractivity contribution in [1.29, 1.82) is 0 Å². The van der Waals surface area contributed by atoms with Crippen LogP contribution >= 0.6 is 0 Å². The third-order valence-electron chi connectivity index (χ3n) is 5.89. The summed E-state index contributed by atoms with van der Waals surface area (Å²) in [5.41, 5.74) is 0.632. The molecule has 10 heteroatoms. The third kappa shape index (κ3) is 6.08. The van der Waals surface area contributed by atoms with Gasteiger partial charge < -0.3 is 15.2 Å². The maximum Gasteiger partial charge on any atom is 0.461 e. The number of amides is 1. The van der Waals surface area contributed by atoms with Gasteiger partial charge in [0.05, 0.1) is 12.1 Å². The predicted octanol–water partition coefficient (Wildman–Crippen LogP) is 6.43. The first-order valence-electron chi connectivity index (χ1n) is 11.4. The van der Waals surface area contributed by atoms with Crippen molar-refractivity contribution in [2.24, 2.45) is 0 Å². The predicted molar refractivity (Wildman–Crippen MR) is 128 cm³/mol. The summed E-state index contributed by atoms with van der Waals surface area (Å²) in [5.74, 6) is -2.29. The van der Waals surface area contributed by atoms with Gasteiger partial charge in [-0.25, -0.2) is 8.78 Å². The molecule has 0 fully saturated rings. The summed E-state index contributed by atoms with van der Waals surface area (Å²) in [4.78, 5) is 13.3. The summed E-state index contributed by atoms with van der Waals surface area (Å²) in [6, 6.07) is 17.4. The summed E-state index contributed by atoms with van der Waals surface area (Å²) >= 11 is 0. The number of carbonyl (C=O) groups is 1. The van der Waals surface area contributed by atoms with Crippen molar-refractivity contribution in [2.75, 3.05) is 0 Å². The Hall–Kier alpha value is -4.05. The molecule has 0 heterocycles. The normalized spacial score (nSPS) is 13.4. The molecule has 0 aliphatic carbocycles. The van der Waals surface area contributed by atoms with Crippen LogP contribution in [0.15, 0.2) is 84.9 Å². The zero-order chi connectivity index (χ0) is 27.4. The fraction of sp³-hybridized carbons (Fsp3) is 0.179. The number of carbonyl (C=O) groups excluding carboxylic acids is 1. The molecule has 0 saturated heterocycles. The van der Waals surface area contributed by atoms with Crippen LogP contribution in [0.2, 0.25) is 0 Å². The van der Waals surface area contributed by atoms with Gasteiger partial charge in [0.15, 0.2) is 0 Å². The Bertz CT molecular complexity index is 1430. The lowest BCUT2D eigenvalue weighted by atomic mass is 9.95. The van der Waals surface area contributed by atoms with E-state index in [9.17, 15) is 36.2 Å². The van der Waals surface area contributed by atoms with Crippen molar-refractivity contribution in [1.82, 2.24) is 5.32 Å². The fourth-order valence-corrected chi connectivity index (χ4v) is 4.03. The van der Waals surface area contributed by atoms with Gasteiger partial charge in [-0.15, -0.1) is 0 Å². The minimum atomic E-state index is -4.72. The number of aliphatic hydroxyl groups is 1. The van der Waals surface area contributed by atoms with E-state index in [1.54, 1.807) is 18.2 Å². The minimum absolute atomic E-state index is 0.118. The highest BCUT2D eigenvalue weighted by Crippen LogP contribution is 2.29. The van der Waals surface area contributed by atoms with Crippen LogP contribution in [-0.2, 0) is 6.42 Å². The van der Waals surface area contributed by atoms with E-state index in [0.717, 1.165) is 30.3 Å². The Labute approximate surface area is 213 Å². The first kappa shape index (κ1) is 27.0. The van der Waals surface area contributed by atoms with E-state index in [0.29, 0.717) is 5.39 Å². The van der Waals surface area contributed by atoms with Crippen LogP contribution in [0.25, 0.3) is 10.8 Å². The van der Waals surface area contributed by atoms with Crippen molar-refractivity contribution < 1.29 is 41.0 Å².